The zero-order valence-electron chi connectivity index (χ0n) is 18.0. The van der Waals surface area contributed by atoms with Crippen LogP contribution in [-0.2, 0) is 4.79 Å². The molecule has 2 unspecified atom stereocenters. The summed E-state index contributed by atoms with van der Waals surface area (Å²) < 4.78 is 19.0. The van der Waals surface area contributed by atoms with Crippen molar-refractivity contribution in [2.24, 2.45) is 0 Å². The van der Waals surface area contributed by atoms with Crippen molar-refractivity contribution >= 4 is 45.6 Å². The third-order valence-electron chi connectivity index (χ3n) is 6.30. The molecule has 7 nitrogen and oxygen atoms in total. The molecule has 170 valence electrons. The Morgan fingerprint density at radius 1 is 1.27 bits per heavy atom. The lowest BCUT2D eigenvalue weighted by Crippen LogP contribution is -2.48. The average molecular weight is 468 g/mol. The van der Waals surface area contributed by atoms with Gasteiger partial charge in [-0.25, -0.2) is 14.4 Å². The van der Waals surface area contributed by atoms with Crippen molar-refractivity contribution in [1.82, 2.24) is 14.9 Å². The molecule has 1 amide bonds. The maximum absolute atomic E-state index is 13.5. The van der Waals surface area contributed by atoms with E-state index in [-0.39, 0.29) is 10.9 Å². The smallest absolute Gasteiger partial charge is 0.248 e. The number of nitrogens with one attached hydrogen (secondary N) is 2. The van der Waals surface area contributed by atoms with Crippen LogP contribution < -0.4 is 15.4 Å². The SMILES string of the molecule is COc1cc2ncnc(Nc3ccc(F)c(Cl)c3)c2cc1NC(=O)C=CCN1C2CCC1C2. The molecular formula is C24H23ClFN5O2. The Morgan fingerprint density at radius 2 is 2.09 bits per heavy atom. The van der Waals surface area contributed by atoms with Gasteiger partial charge in [-0.15, -0.1) is 0 Å². The van der Waals surface area contributed by atoms with E-state index in [1.165, 1.54) is 44.8 Å². The third-order valence-corrected chi connectivity index (χ3v) is 6.59. The third kappa shape index (κ3) is 4.36. The normalized spacial score (nSPS) is 19.6. The number of hydrogen-bond donors (Lipinski definition) is 2. The molecule has 0 radical (unpaired) electrons. The summed E-state index contributed by atoms with van der Waals surface area (Å²) in [5.41, 5.74) is 1.70. The summed E-state index contributed by atoms with van der Waals surface area (Å²) in [5.74, 6) is 0.237. The molecule has 3 aromatic rings. The molecule has 2 bridgehead atoms. The molecule has 9 heteroatoms. The maximum Gasteiger partial charge on any atom is 0.248 e. The van der Waals surface area contributed by atoms with Gasteiger partial charge in [0, 0.05) is 41.8 Å². The molecule has 2 aromatic carbocycles. The van der Waals surface area contributed by atoms with Crippen LogP contribution in [0.1, 0.15) is 19.3 Å². The molecule has 2 N–H and O–H groups in total. The molecular weight excluding hydrogens is 445 g/mol. The highest BCUT2D eigenvalue weighted by molar-refractivity contribution is 6.31. The van der Waals surface area contributed by atoms with Crippen molar-refractivity contribution in [1.29, 1.82) is 0 Å². The number of methoxy groups -OCH3 is 1. The highest BCUT2D eigenvalue weighted by atomic mass is 35.5. The number of fused-ring (bicyclic) bond motifs is 2. The molecule has 6 rings (SSSR count). The van der Waals surface area contributed by atoms with Gasteiger partial charge in [0.25, 0.3) is 0 Å². The topological polar surface area (TPSA) is 79.4 Å². The van der Waals surface area contributed by atoms with E-state index in [1.807, 2.05) is 6.08 Å². The molecule has 2 atom stereocenters. The minimum Gasteiger partial charge on any atom is -0.494 e. The quantitative estimate of drug-likeness (QED) is 0.481. The van der Waals surface area contributed by atoms with Gasteiger partial charge in [0.05, 0.1) is 23.3 Å². The number of rotatable bonds is 7. The summed E-state index contributed by atoms with van der Waals surface area (Å²) >= 11 is 5.89. The summed E-state index contributed by atoms with van der Waals surface area (Å²) in [4.78, 5) is 23.6. The van der Waals surface area contributed by atoms with Gasteiger partial charge in [-0.3, -0.25) is 9.69 Å². The van der Waals surface area contributed by atoms with Crippen molar-refractivity contribution in [2.75, 3.05) is 24.3 Å². The summed E-state index contributed by atoms with van der Waals surface area (Å²) in [6.07, 6.45) is 8.70. The van der Waals surface area contributed by atoms with Gasteiger partial charge in [0.1, 0.15) is 23.7 Å². The first-order valence-corrected chi connectivity index (χ1v) is 11.2. The van der Waals surface area contributed by atoms with Crippen molar-refractivity contribution < 1.29 is 13.9 Å². The summed E-state index contributed by atoms with van der Waals surface area (Å²) in [6.45, 7) is 0.791. The van der Waals surface area contributed by atoms with Crippen LogP contribution in [0.3, 0.4) is 0 Å². The van der Waals surface area contributed by atoms with Gasteiger partial charge in [0.15, 0.2) is 0 Å². The zero-order chi connectivity index (χ0) is 22.9. The molecule has 1 saturated carbocycles. The Hall–Kier alpha value is -3.23. The van der Waals surface area contributed by atoms with Crippen LogP contribution >= 0.6 is 11.6 Å². The predicted octanol–water partition coefficient (Wildman–Crippen LogP) is 4.91. The molecule has 1 aromatic heterocycles. The van der Waals surface area contributed by atoms with Gasteiger partial charge >= 0.3 is 0 Å². The Kier molecular flexibility index (Phi) is 5.86. The van der Waals surface area contributed by atoms with E-state index in [4.69, 9.17) is 16.3 Å². The fraction of sp³-hybridized carbons (Fsp3) is 0.292. The lowest BCUT2D eigenvalue weighted by Gasteiger charge is -2.39. The first-order valence-electron chi connectivity index (χ1n) is 10.8. The van der Waals surface area contributed by atoms with Crippen LogP contribution in [0.2, 0.25) is 5.02 Å². The number of carbonyl (C=O) groups is 1. The second-order valence-electron chi connectivity index (χ2n) is 8.25. The lowest BCUT2D eigenvalue weighted by molar-refractivity contribution is -0.111. The largest absolute Gasteiger partial charge is 0.494 e. The average Bonchev–Trinajstić information content (AvgIpc) is 3.44. The number of halogens is 2. The van der Waals surface area contributed by atoms with Crippen LogP contribution in [0.15, 0.2) is 48.8 Å². The number of carbonyl (C=O) groups excluding carboxylic acids is 1. The van der Waals surface area contributed by atoms with Crippen molar-refractivity contribution in [2.45, 2.75) is 31.3 Å². The molecule has 2 saturated heterocycles. The van der Waals surface area contributed by atoms with E-state index in [0.29, 0.717) is 45.9 Å². The van der Waals surface area contributed by atoms with E-state index < -0.39 is 5.82 Å². The fourth-order valence-electron chi connectivity index (χ4n) is 4.61. The predicted molar refractivity (Wildman–Crippen MR) is 127 cm³/mol. The van der Waals surface area contributed by atoms with Crippen molar-refractivity contribution in [3.8, 4) is 5.75 Å². The lowest BCUT2D eigenvalue weighted by atomic mass is 10.0. The summed E-state index contributed by atoms with van der Waals surface area (Å²) in [7, 11) is 1.53. The molecule has 0 spiro atoms. The van der Waals surface area contributed by atoms with Crippen LogP contribution in [0.5, 0.6) is 5.75 Å². The van der Waals surface area contributed by atoms with Gasteiger partial charge in [-0.2, -0.15) is 0 Å². The second-order valence-corrected chi connectivity index (χ2v) is 8.66. The second kappa shape index (κ2) is 8.96. The maximum atomic E-state index is 13.5. The number of benzene rings is 2. The van der Waals surface area contributed by atoms with E-state index in [1.54, 1.807) is 24.3 Å². The molecule has 1 aliphatic carbocycles. The Morgan fingerprint density at radius 3 is 2.82 bits per heavy atom. The number of hydrogen-bond acceptors (Lipinski definition) is 6. The highest BCUT2D eigenvalue weighted by Gasteiger charge is 2.43. The Balaban J connectivity index is 1.36. The molecule has 2 aliphatic heterocycles. The Labute approximate surface area is 195 Å². The monoisotopic (exact) mass is 467 g/mol. The first kappa shape index (κ1) is 21.6. The molecule has 3 aliphatic rings. The van der Waals surface area contributed by atoms with E-state index in [2.05, 4.69) is 25.5 Å². The van der Waals surface area contributed by atoms with Gasteiger partial charge in [-0.05, 0) is 43.5 Å². The molecule has 3 fully saturated rings. The van der Waals surface area contributed by atoms with Crippen LogP contribution in [0.25, 0.3) is 10.9 Å². The number of aromatic nitrogens is 2. The summed E-state index contributed by atoms with van der Waals surface area (Å²) in [6, 6.07) is 9.18. The van der Waals surface area contributed by atoms with Crippen molar-refractivity contribution in [3.63, 3.8) is 0 Å². The molecule has 3 heterocycles. The van der Waals surface area contributed by atoms with Crippen LogP contribution in [0.4, 0.5) is 21.6 Å². The fourth-order valence-corrected chi connectivity index (χ4v) is 4.79. The number of anilines is 3. The van der Waals surface area contributed by atoms with E-state index >= 15 is 0 Å². The zero-order valence-corrected chi connectivity index (χ0v) is 18.8. The highest BCUT2D eigenvalue weighted by Crippen LogP contribution is 2.40. The number of nitrogens with zero attached hydrogens (tertiary/aromatic N) is 3. The summed E-state index contributed by atoms with van der Waals surface area (Å²) in [5, 5.41) is 6.69. The standard InChI is InChI=1S/C24H23ClFN5O2/c1-33-22-12-20-17(24(28-13-27-20)29-14-4-7-19(26)18(25)9-14)11-21(22)30-23(32)3-2-8-31-15-5-6-16(31)10-15/h2-4,7,9,11-13,15-16H,5-6,8,10H2,1H3,(H,30,32)(H,27,28,29). The van der Waals surface area contributed by atoms with Crippen LogP contribution in [0, 0.1) is 5.82 Å². The Bertz CT molecular complexity index is 1240. The minimum atomic E-state index is -0.501. The first-order chi connectivity index (χ1) is 16.0. The molecule has 33 heavy (non-hydrogen) atoms. The van der Waals surface area contributed by atoms with Crippen LogP contribution in [-0.4, -0.2) is 46.5 Å². The van der Waals surface area contributed by atoms with Crippen molar-refractivity contribution in [3.05, 3.63) is 59.7 Å². The van der Waals surface area contributed by atoms with Gasteiger partial charge < -0.3 is 15.4 Å². The number of ether oxygens (including phenoxy) is 1. The minimum absolute atomic E-state index is 0.00556. The van der Waals surface area contributed by atoms with Gasteiger partial charge in [0.2, 0.25) is 5.91 Å². The van der Waals surface area contributed by atoms with E-state index in [0.717, 1.165) is 6.54 Å². The number of amides is 1. The van der Waals surface area contributed by atoms with E-state index in [9.17, 15) is 9.18 Å². The van der Waals surface area contributed by atoms with Gasteiger partial charge in [-0.1, -0.05) is 17.7 Å².